The maximum atomic E-state index is 13.9. The number of carboxylic acids is 1. The summed E-state index contributed by atoms with van der Waals surface area (Å²) in [4.78, 5) is 31.2. The summed E-state index contributed by atoms with van der Waals surface area (Å²) >= 11 is 0. The quantitative estimate of drug-likeness (QED) is 0.600. The molecule has 0 amide bonds. The van der Waals surface area contributed by atoms with Crippen LogP contribution in [-0.2, 0) is 0 Å². The molecule has 0 radical (unpaired) electrons. The topological polar surface area (TPSA) is 115 Å². The van der Waals surface area contributed by atoms with Gasteiger partial charge in [-0.25, -0.2) is 14.2 Å². The molecule has 4 rings (SSSR count). The van der Waals surface area contributed by atoms with Crippen LogP contribution in [0.4, 0.5) is 4.39 Å². The average Bonchev–Trinajstić information content (AvgIpc) is 3.43. The molecule has 8 nitrogen and oxygen atoms in total. The lowest BCUT2D eigenvalue weighted by Crippen LogP contribution is -2.07. The van der Waals surface area contributed by atoms with Crippen LogP contribution in [0.1, 0.15) is 52.5 Å². The Hall–Kier alpha value is -3.62. The van der Waals surface area contributed by atoms with Gasteiger partial charge in [-0.3, -0.25) is 4.79 Å². The number of hydrogen-bond acceptors (Lipinski definition) is 7. The summed E-state index contributed by atoms with van der Waals surface area (Å²) in [5.74, 6) is -1.41. The number of pyridine rings is 1. The van der Waals surface area contributed by atoms with Gasteiger partial charge in [-0.2, -0.15) is 4.98 Å². The second-order valence-corrected chi connectivity index (χ2v) is 6.74. The number of carbonyl (C=O) groups is 2. The molecule has 1 aliphatic carbocycles. The van der Waals surface area contributed by atoms with E-state index in [-0.39, 0.29) is 29.0 Å². The molecule has 0 saturated heterocycles. The lowest BCUT2D eigenvalue weighted by molar-refractivity contribution is 0.0691. The molecule has 0 bridgehead atoms. The summed E-state index contributed by atoms with van der Waals surface area (Å²) in [7, 11) is 0. The van der Waals surface area contributed by atoms with Crippen LogP contribution in [0.3, 0.4) is 0 Å². The van der Waals surface area contributed by atoms with Crippen molar-refractivity contribution in [3.05, 3.63) is 59.4 Å². The van der Waals surface area contributed by atoms with Crippen molar-refractivity contribution in [3.63, 3.8) is 0 Å². The van der Waals surface area contributed by atoms with Gasteiger partial charge in [-0.1, -0.05) is 5.16 Å². The molecule has 1 aliphatic rings. The molecule has 1 atom stereocenters. The van der Waals surface area contributed by atoms with E-state index in [1.165, 1.54) is 12.3 Å². The summed E-state index contributed by atoms with van der Waals surface area (Å²) in [6, 6.07) is 6.81. The molecule has 29 heavy (non-hydrogen) atoms. The number of halogens is 1. The van der Waals surface area contributed by atoms with E-state index < -0.39 is 23.5 Å². The normalized spacial score (nSPS) is 14.4. The lowest BCUT2D eigenvalue weighted by atomic mass is 10.1. The molecule has 1 N–H and O–H groups in total. The van der Waals surface area contributed by atoms with E-state index >= 15 is 0 Å². The fraction of sp³-hybridized carbons (Fsp3) is 0.250. The van der Waals surface area contributed by atoms with Crippen molar-refractivity contribution < 1.29 is 28.3 Å². The average molecular weight is 397 g/mol. The molecule has 2 aromatic heterocycles. The summed E-state index contributed by atoms with van der Waals surface area (Å²) in [6.45, 7) is 1.70. The van der Waals surface area contributed by atoms with Gasteiger partial charge in [0, 0.05) is 11.5 Å². The van der Waals surface area contributed by atoms with Crippen LogP contribution in [0.5, 0.6) is 5.75 Å². The van der Waals surface area contributed by atoms with E-state index in [2.05, 4.69) is 15.1 Å². The molecule has 0 aliphatic heterocycles. The van der Waals surface area contributed by atoms with Gasteiger partial charge >= 0.3 is 5.97 Å². The number of hydrogen-bond donors (Lipinski definition) is 1. The van der Waals surface area contributed by atoms with Crippen LogP contribution in [-0.4, -0.2) is 32.0 Å². The fourth-order valence-corrected chi connectivity index (χ4v) is 2.75. The van der Waals surface area contributed by atoms with E-state index in [0.717, 1.165) is 25.0 Å². The number of carboxylic acid groups (broad SMARTS) is 1. The van der Waals surface area contributed by atoms with E-state index in [1.54, 1.807) is 19.1 Å². The predicted octanol–water partition coefficient (Wildman–Crippen LogP) is 3.70. The number of benzene rings is 1. The minimum atomic E-state index is -1.36. The third kappa shape index (κ3) is 3.98. The highest BCUT2D eigenvalue weighted by molar-refractivity contribution is 5.97. The summed E-state index contributed by atoms with van der Waals surface area (Å²) in [5.41, 5.74) is 0.227. The predicted molar refractivity (Wildman–Crippen MR) is 97.0 cm³/mol. The number of aromatic carboxylic acids is 1. The fourth-order valence-electron chi connectivity index (χ4n) is 2.75. The minimum absolute atomic E-state index is 0.0368. The Morgan fingerprint density at radius 3 is 2.69 bits per heavy atom. The van der Waals surface area contributed by atoms with Crippen molar-refractivity contribution in [1.82, 2.24) is 15.1 Å². The van der Waals surface area contributed by atoms with Crippen molar-refractivity contribution in [2.75, 3.05) is 0 Å². The molecule has 148 valence electrons. The Bertz CT molecular complexity index is 1080. The molecule has 9 heteroatoms. The first-order chi connectivity index (χ1) is 13.9. The van der Waals surface area contributed by atoms with E-state index in [0.29, 0.717) is 11.4 Å². The number of rotatable bonds is 7. The van der Waals surface area contributed by atoms with Gasteiger partial charge in [0.15, 0.2) is 11.9 Å². The molecule has 1 fully saturated rings. The number of ketones is 1. The third-order valence-electron chi connectivity index (χ3n) is 4.50. The van der Waals surface area contributed by atoms with Gasteiger partial charge in [0.25, 0.3) is 5.89 Å². The van der Waals surface area contributed by atoms with Crippen molar-refractivity contribution in [1.29, 1.82) is 0 Å². The monoisotopic (exact) mass is 397 g/mol. The Morgan fingerprint density at radius 2 is 2.07 bits per heavy atom. The van der Waals surface area contributed by atoms with Gasteiger partial charge in [-0.15, -0.1) is 0 Å². The number of aromatic nitrogens is 3. The molecular weight excluding hydrogens is 381 g/mol. The number of carbonyl (C=O) groups excluding carboxylic acids is 1. The van der Waals surface area contributed by atoms with Gasteiger partial charge < -0.3 is 14.4 Å². The Morgan fingerprint density at radius 1 is 1.28 bits per heavy atom. The Kier molecular flexibility index (Phi) is 4.79. The van der Waals surface area contributed by atoms with Crippen molar-refractivity contribution in [3.8, 4) is 17.2 Å². The molecule has 1 unspecified atom stereocenters. The van der Waals surface area contributed by atoms with Crippen LogP contribution in [0.2, 0.25) is 0 Å². The zero-order chi connectivity index (χ0) is 20.5. The van der Waals surface area contributed by atoms with E-state index in [1.807, 2.05) is 0 Å². The first kappa shape index (κ1) is 18.7. The number of nitrogens with zero attached hydrogens (tertiary/aromatic N) is 3. The molecular formula is C20H16FN3O5. The van der Waals surface area contributed by atoms with Gasteiger partial charge in [0.1, 0.15) is 17.3 Å². The lowest BCUT2D eigenvalue weighted by Gasteiger charge is -2.10. The van der Waals surface area contributed by atoms with Crippen LogP contribution in [0, 0.1) is 11.7 Å². The van der Waals surface area contributed by atoms with Crippen molar-refractivity contribution in [2.45, 2.75) is 25.9 Å². The molecule has 0 spiro atoms. The highest BCUT2D eigenvalue weighted by Gasteiger charge is 2.31. The maximum absolute atomic E-state index is 13.9. The second kappa shape index (κ2) is 7.42. The van der Waals surface area contributed by atoms with Crippen LogP contribution in [0.25, 0.3) is 11.5 Å². The third-order valence-corrected chi connectivity index (χ3v) is 4.50. The van der Waals surface area contributed by atoms with Crippen LogP contribution >= 0.6 is 0 Å². The highest BCUT2D eigenvalue weighted by Crippen LogP contribution is 2.32. The van der Waals surface area contributed by atoms with Gasteiger partial charge in [-0.05, 0) is 50.1 Å². The van der Waals surface area contributed by atoms with E-state index in [4.69, 9.17) is 14.4 Å². The smallest absolute Gasteiger partial charge is 0.338 e. The van der Waals surface area contributed by atoms with Gasteiger partial charge in [0.05, 0.1) is 11.8 Å². The zero-order valence-corrected chi connectivity index (χ0v) is 15.3. The minimum Gasteiger partial charge on any atom is -0.481 e. The first-order valence-corrected chi connectivity index (χ1v) is 8.96. The molecule has 3 aromatic rings. The summed E-state index contributed by atoms with van der Waals surface area (Å²) in [6.07, 6.45) is 2.70. The largest absolute Gasteiger partial charge is 0.481 e. The Balaban J connectivity index is 1.45. The standard InChI is InChI=1S/C20H16FN3O5/c1-10(28-13-5-7-16(22-9-13)17(25)11-2-3-11)18-23-19(29-24-18)12-4-6-14(20(26)27)15(21)8-12/h4-11H,2-3H2,1H3,(H,26,27). The molecule has 1 saturated carbocycles. The highest BCUT2D eigenvalue weighted by atomic mass is 19.1. The Labute approximate surface area is 164 Å². The van der Waals surface area contributed by atoms with E-state index in [9.17, 15) is 14.0 Å². The molecule has 1 aromatic carbocycles. The van der Waals surface area contributed by atoms with Gasteiger partial charge in [0.2, 0.25) is 5.82 Å². The number of Topliss-reactive ketones (excluding diaryl/α,β-unsaturated/α-hetero) is 1. The SMILES string of the molecule is CC(Oc1ccc(C(=O)C2CC2)nc1)c1noc(-c2ccc(C(=O)O)c(F)c2)n1. The zero-order valence-electron chi connectivity index (χ0n) is 15.3. The number of ether oxygens (including phenoxy) is 1. The second-order valence-electron chi connectivity index (χ2n) is 6.74. The first-order valence-electron chi connectivity index (χ1n) is 8.96. The summed E-state index contributed by atoms with van der Waals surface area (Å²) in [5, 5.41) is 12.7. The van der Waals surface area contributed by atoms with Crippen molar-refractivity contribution in [2.24, 2.45) is 5.92 Å². The maximum Gasteiger partial charge on any atom is 0.338 e. The van der Waals surface area contributed by atoms with Crippen LogP contribution < -0.4 is 4.74 Å². The molecule has 2 heterocycles. The van der Waals surface area contributed by atoms with Crippen molar-refractivity contribution >= 4 is 11.8 Å². The van der Waals surface area contributed by atoms with Crippen LogP contribution in [0.15, 0.2) is 41.1 Å². The summed E-state index contributed by atoms with van der Waals surface area (Å²) < 4.78 is 24.7.